The third-order valence-corrected chi connectivity index (χ3v) is 12.1. The number of methoxy groups -OCH3 is 2. The van der Waals surface area contributed by atoms with Gasteiger partial charge in [-0.2, -0.15) is 5.26 Å². The molecule has 0 aliphatic carbocycles. The molecule has 5 heterocycles. The molecular weight excluding hydrogens is 867 g/mol. The van der Waals surface area contributed by atoms with E-state index in [1.807, 2.05) is 18.0 Å². The van der Waals surface area contributed by atoms with Gasteiger partial charge in [-0.05, 0) is 55.5 Å². The maximum atomic E-state index is 13.4. The van der Waals surface area contributed by atoms with Crippen molar-refractivity contribution in [2.24, 2.45) is 5.92 Å². The number of fused-ring (bicyclic) bond motifs is 1. The number of likely N-dealkylation sites (tertiary alicyclic amines) is 1. The van der Waals surface area contributed by atoms with Crippen LogP contribution in [0.1, 0.15) is 39.5 Å². The lowest BCUT2D eigenvalue weighted by Gasteiger charge is -2.47. The number of nitriles is 1. The Morgan fingerprint density at radius 1 is 0.985 bits per heavy atom. The van der Waals surface area contributed by atoms with Crippen molar-refractivity contribution in [1.82, 2.24) is 30.1 Å². The van der Waals surface area contributed by atoms with Gasteiger partial charge in [0.05, 0.1) is 30.7 Å². The number of amides is 4. The number of ether oxygens (including phenoxy) is 6. The Hall–Kier alpha value is -5.55. The summed E-state index contributed by atoms with van der Waals surface area (Å²) in [6.45, 7) is 4.23. The second kappa shape index (κ2) is 22.8. The van der Waals surface area contributed by atoms with Crippen LogP contribution in [-0.4, -0.2) is 185 Å². The Labute approximate surface area is 380 Å². The van der Waals surface area contributed by atoms with Gasteiger partial charge in [-0.3, -0.25) is 19.0 Å². The van der Waals surface area contributed by atoms with Gasteiger partial charge in [0.15, 0.2) is 24.3 Å². The largest absolute Gasteiger partial charge is 0.494 e. The predicted molar refractivity (Wildman–Crippen MR) is 232 cm³/mol. The van der Waals surface area contributed by atoms with E-state index in [0.717, 1.165) is 6.42 Å². The van der Waals surface area contributed by atoms with Crippen LogP contribution in [0.2, 0.25) is 0 Å². The summed E-state index contributed by atoms with van der Waals surface area (Å²) in [5.74, 6) is 0.0216. The third kappa shape index (κ3) is 11.3. The summed E-state index contributed by atoms with van der Waals surface area (Å²) in [5, 5.41) is 60.4. The molecule has 4 amide bonds. The summed E-state index contributed by atoms with van der Waals surface area (Å²) >= 11 is 0. The van der Waals surface area contributed by atoms with E-state index in [2.05, 4.69) is 32.8 Å². The third-order valence-electron chi connectivity index (χ3n) is 12.1. The van der Waals surface area contributed by atoms with E-state index in [1.54, 1.807) is 41.4 Å². The fourth-order valence-electron chi connectivity index (χ4n) is 8.44. The number of nitrogens with one attached hydrogen (secondary N) is 3. The molecule has 0 bridgehead atoms. The molecule has 0 spiro atoms. The van der Waals surface area contributed by atoms with E-state index < -0.39 is 85.8 Å². The van der Waals surface area contributed by atoms with Crippen LogP contribution in [0.4, 0.5) is 16.3 Å². The van der Waals surface area contributed by atoms with Gasteiger partial charge in [-0.15, -0.1) is 0 Å². The highest BCUT2D eigenvalue weighted by molar-refractivity contribution is 6.00. The number of anilines is 2. The topological polar surface area (TPSA) is 302 Å². The van der Waals surface area contributed by atoms with Crippen molar-refractivity contribution in [2.75, 3.05) is 64.3 Å². The smallest absolute Gasteiger partial charge is 0.331 e. The number of piperidine rings is 1. The molecule has 3 fully saturated rings. The van der Waals surface area contributed by atoms with E-state index in [4.69, 9.17) is 33.7 Å². The van der Waals surface area contributed by atoms with Crippen LogP contribution in [-0.2, 0) is 38.1 Å². The first kappa shape index (κ1) is 49.9. The Morgan fingerprint density at radius 3 is 2.42 bits per heavy atom. The molecule has 3 aromatic rings. The average molecular weight is 926 g/mol. The lowest BCUT2D eigenvalue weighted by Crippen LogP contribution is -2.68. The van der Waals surface area contributed by atoms with E-state index in [9.17, 15) is 39.6 Å². The maximum absolute atomic E-state index is 13.4. The van der Waals surface area contributed by atoms with Gasteiger partial charge in [0.2, 0.25) is 11.8 Å². The van der Waals surface area contributed by atoms with Crippen LogP contribution in [0.25, 0.3) is 11.0 Å². The SMILES string of the molecule is CO[C@@H]1OC(CO)[C@@H](O)C(O[C@@H]2OC(C(=O)NCCCCOc3ccc(NC(=O)n4ccc5c(N(C)C6CN(C(=O)CC#N)CC[C@H]6C)ncnc54)cc3)[C@@H](OC)C(O)C2O)C1NC(C)=O. The van der Waals surface area contributed by atoms with Gasteiger partial charge in [-0.25, -0.2) is 14.8 Å². The standard InChI is InChI=1S/C43H59N9O14/c1-23-13-17-51(30(55)12-15-44)20-28(23)50(3)38-27-14-18-52(39(27)47-22-46-38)43(60)49-25-8-10-26(11-9-25)63-19-7-6-16-45-40(59)37-36(61-4)33(57)34(58)42(66-37)65-35-31(48-24(2)54)41(62-5)64-29(21-53)32(35)56/h8-11,14,18,22-23,28-29,31-37,41-42,53,56-58H,6-7,12-13,16-17,19-21H2,1-5H3,(H,45,59)(H,48,54)(H,49,60)/t23-,28?,29?,31?,32-,33?,34?,35?,36+,37?,41-,42-/m1/s1. The van der Waals surface area contributed by atoms with E-state index in [0.29, 0.717) is 60.8 Å². The highest BCUT2D eigenvalue weighted by Gasteiger charge is 2.53. The summed E-state index contributed by atoms with van der Waals surface area (Å²) < 4.78 is 35.2. The molecule has 12 atom stereocenters. The number of aliphatic hydroxyl groups is 4. The first-order valence-corrected chi connectivity index (χ1v) is 21.7. The lowest BCUT2D eigenvalue weighted by molar-refractivity contribution is -0.338. The van der Waals surface area contributed by atoms with E-state index in [-0.39, 0.29) is 30.8 Å². The number of unbranched alkanes of at least 4 members (excludes halogenated alkanes) is 1. The van der Waals surface area contributed by atoms with Crippen molar-refractivity contribution >= 4 is 46.3 Å². The van der Waals surface area contributed by atoms with Gasteiger partial charge < -0.3 is 74.6 Å². The van der Waals surface area contributed by atoms with Gasteiger partial charge in [-0.1, -0.05) is 6.92 Å². The number of aliphatic hydroxyl groups excluding tert-OH is 4. The normalized spacial score (nSPS) is 28.8. The molecule has 3 aliphatic heterocycles. The zero-order valence-electron chi connectivity index (χ0n) is 37.4. The quantitative estimate of drug-likeness (QED) is 0.0836. The molecule has 0 saturated carbocycles. The number of carbonyl (C=O) groups excluding carboxylic acids is 4. The number of rotatable bonds is 17. The van der Waals surface area contributed by atoms with Crippen molar-refractivity contribution in [3.8, 4) is 11.8 Å². The first-order valence-electron chi connectivity index (χ1n) is 21.7. The summed E-state index contributed by atoms with van der Waals surface area (Å²) in [5.41, 5.74) is 0.916. The predicted octanol–water partition coefficient (Wildman–Crippen LogP) is -0.550. The maximum Gasteiger partial charge on any atom is 0.331 e. The fraction of sp³-hybridized carbons (Fsp3) is 0.605. The van der Waals surface area contributed by atoms with Gasteiger partial charge in [0.25, 0.3) is 5.91 Å². The van der Waals surface area contributed by atoms with Crippen LogP contribution in [0.15, 0.2) is 42.9 Å². The van der Waals surface area contributed by atoms with Crippen LogP contribution in [0.3, 0.4) is 0 Å². The Kier molecular flexibility index (Phi) is 17.2. The molecule has 3 aliphatic rings. The second-order valence-electron chi connectivity index (χ2n) is 16.4. The monoisotopic (exact) mass is 925 g/mol. The number of hydrogen-bond acceptors (Lipinski definition) is 18. The first-order chi connectivity index (χ1) is 31.7. The minimum Gasteiger partial charge on any atom is -0.494 e. The molecule has 0 radical (unpaired) electrons. The molecule has 23 nitrogen and oxygen atoms in total. The number of nitrogens with zero attached hydrogens (tertiary/aromatic N) is 6. The van der Waals surface area contributed by atoms with E-state index in [1.165, 1.54) is 32.0 Å². The van der Waals surface area contributed by atoms with Crippen molar-refractivity contribution in [1.29, 1.82) is 5.26 Å². The lowest BCUT2D eigenvalue weighted by atomic mass is 9.92. The minimum absolute atomic E-state index is 0.0605. The summed E-state index contributed by atoms with van der Waals surface area (Å²) in [6.07, 6.45) is -8.51. The molecule has 3 saturated heterocycles. The fourth-order valence-corrected chi connectivity index (χ4v) is 8.44. The van der Waals surface area contributed by atoms with Gasteiger partial charge in [0.1, 0.15) is 67.0 Å². The van der Waals surface area contributed by atoms with Gasteiger partial charge >= 0.3 is 6.03 Å². The Morgan fingerprint density at radius 2 is 1.74 bits per heavy atom. The molecule has 66 heavy (non-hydrogen) atoms. The number of carbonyl (C=O) groups is 4. The highest BCUT2D eigenvalue weighted by atomic mass is 16.7. The molecule has 7 unspecified atom stereocenters. The summed E-state index contributed by atoms with van der Waals surface area (Å²) in [6, 6.07) is 8.87. The summed E-state index contributed by atoms with van der Waals surface area (Å²) in [4.78, 5) is 63.9. The van der Waals surface area contributed by atoms with Gasteiger partial charge in [0, 0.05) is 59.7 Å². The Balaban J connectivity index is 0.973. The molecule has 23 heteroatoms. The zero-order valence-corrected chi connectivity index (χ0v) is 37.4. The second-order valence-corrected chi connectivity index (χ2v) is 16.4. The minimum atomic E-state index is -1.75. The van der Waals surface area contributed by atoms with Crippen molar-refractivity contribution in [3.05, 3.63) is 42.9 Å². The average Bonchev–Trinajstić information content (AvgIpc) is 3.75. The molecule has 1 aromatic carbocycles. The highest BCUT2D eigenvalue weighted by Crippen LogP contribution is 2.32. The van der Waals surface area contributed by atoms with Crippen LogP contribution in [0, 0.1) is 17.2 Å². The molecule has 6 rings (SSSR count). The molecule has 2 aromatic heterocycles. The van der Waals surface area contributed by atoms with Crippen molar-refractivity contribution in [2.45, 2.75) is 107 Å². The molecular formula is C43H59N9O14. The number of benzene rings is 1. The molecule has 360 valence electrons. The van der Waals surface area contributed by atoms with Crippen LogP contribution >= 0.6 is 0 Å². The number of likely N-dealkylation sites (N-methyl/N-ethyl adjacent to an activating group) is 1. The van der Waals surface area contributed by atoms with Crippen LogP contribution in [0.5, 0.6) is 5.75 Å². The Bertz CT molecular complexity index is 2170. The molecule has 7 N–H and O–H groups in total. The van der Waals surface area contributed by atoms with E-state index >= 15 is 0 Å². The van der Waals surface area contributed by atoms with Crippen molar-refractivity contribution in [3.63, 3.8) is 0 Å². The number of aromatic nitrogens is 3. The van der Waals surface area contributed by atoms with Crippen LogP contribution < -0.4 is 25.6 Å². The van der Waals surface area contributed by atoms with Crippen molar-refractivity contribution < 1.29 is 68.0 Å². The zero-order chi connectivity index (χ0) is 47.7. The number of hydrogen-bond donors (Lipinski definition) is 7. The summed E-state index contributed by atoms with van der Waals surface area (Å²) in [7, 11) is 4.43.